The Labute approximate surface area is 228 Å². The molecule has 3 aromatic rings. The Hall–Kier alpha value is -4.45. The highest BCUT2D eigenvalue weighted by molar-refractivity contribution is 6.36. The van der Waals surface area contributed by atoms with Gasteiger partial charge in [-0.2, -0.15) is 5.10 Å². The molecule has 1 saturated heterocycles. The number of carbonyl (C=O) groups excluding carboxylic acids is 2. The van der Waals surface area contributed by atoms with Gasteiger partial charge in [-0.15, -0.1) is 0 Å². The third-order valence-electron chi connectivity index (χ3n) is 6.20. The lowest BCUT2D eigenvalue weighted by molar-refractivity contribution is 0.0932. The van der Waals surface area contributed by atoms with E-state index >= 15 is 0 Å². The van der Waals surface area contributed by atoms with Crippen molar-refractivity contribution in [1.82, 2.24) is 29.8 Å². The third kappa shape index (κ3) is 5.41. The molecule has 5 heterocycles. The van der Waals surface area contributed by atoms with Crippen LogP contribution in [0.25, 0.3) is 11.2 Å². The van der Waals surface area contributed by atoms with Crippen molar-refractivity contribution in [3.05, 3.63) is 76.6 Å². The predicted octanol–water partition coefficient (Wildman–Crippen LogP) is 3.88. The summed E-state index contributed by atoms with van der Waals surface area (Å²) in [6.07, 6.45) is 6.71. The van der Waals surface area contributed by atoms with E-state index in [1.54, 1.807) is 32.2 Å². The number of pyridine rings is 1. The van der Waals surface area contributed by atoms with Gasteiger partial charge in [0.1, 0.15) is 29.9 Å². The second kappa shape index (κ2) is 10.7. The average molecular weight is 554 g/mol. The maximum Gasteiger partial charge on any atom is 0.414 e. The van der Waals surface area contributed by atoms with E-state index in [0.29, 0.717) is 47.0 Å². The number of nitrogens with one attached hydrogen (secondary N) is 2. The molecule has 2 aliphatic heterocycles. The molecule has 0 unspecified atom stereocenters. The van der Waals surface area contributed by atoms with Gasteiger partial charge in [0.25, 0.3) is 5.91 Å². The van der Waals surface area contributed by atoms with Crippen LogP contribution < -0.4 is 15.4 Å². The minimum atomic E-state index is -0.526. The first-order valence-electron chi connectivity index (χ1n) is 12.1. The Bertz CT molecular complexity index is 1550. The topological polar surface area (TPSA) is 123 Å². The van der Waals surface area contributed by atoms with E-state index in [2.05, 4.69) is 27.3 Å². The second-order valence-corrected chi connectivity index (χ2v) is 9.46. The van der Waals surface area contributed by atoms with E-state index in [1.807, 2.05) is 0 Å². The van der Waals surface area contributed by atoms with Gasteiger partial charge in [0.15, 0.2) is 5.65 Å². The van der Waals surface area contributed by atoms with Crippen LogP contribution in [0.2, 0.25) is 0 Å². The van der Waals surface area contributed by atoms with Gasteiger partial charge in [-0.25, -0.2) is 23.7 Å². The monoisotopic (exact) mass is 553 g/mol. The predicted molar refractivity (Wildman–Crippen MR) is 142 cm³/mol. The summed E-state index contributed by atoms with van der Waals surface area (Å²) in [5.41, 5.74) is 2.64. The third-order valence-corrected chi connectivity index (χ3v) is 6.40. The first-order valence-corrected chi connectivity index (χ1v) is 12.5. The standard InChI is InChI=1S/C26H25ClFN7O4/c1-14(34-6-7-38-26(34)37)4-5-19(16(3)27)21-13-35-23-20(12-32-35)24(36)30-9-15(2)39-25-17(8-18(28)11-31-25)10-29-22(21)33-23/h4-5,8,11-13,15H,3,6-7,9-10H2,1-2H3,(H,29,33)(H,30,36)/b14-4+,19-5+/t15-/m0/s1. The molecule has 202 valence electrons. The lowest BCUT2D eigenvalue weighted by Crippen LogP contribution is -2.33. The number of allylic oxidation sites excluding steroid dienone is 5. The molecule has 0 aromatic carbocycles. The number of anilines is 1. The number of cyclic esters (lactones) is 1. The Kier molecular flexibility index (Phi) is 7.20. The number of rotatable bonds is 4. The first kappa shape index (κ1) is 26.2. The number of fused-ring (bicyclic) bond motifs is 2. The molecule has 2 aliphatic rings. The molecule has 0 aliphatic carbocycles. The molecule has 11 nitrogen and oxygen atoms in total. The molecule has 0 radical (unpaired) electrons. The van der Waals surface area contributed by atoms with Gasteiger partial charge in [0, 0.05) is 40.2 Å². The van der Waals surface area contributed by atoms with Gasteiger partial charge >= 0.3 is 6.09 Å². The lowest BCUT2D eigenvalue weighted by Gasteiger charge is -2.18. The van der Waals surface area contributed by atoms with Gasteiger partial charge < -0.3 is 20.1 Å². The molecule has 1 atom stereocenters. The van der Waals surface area contributed by atoms with Crippen molar-refractivity contribution < 1.29 is 23.5 Å². The summed E-state index contributed by atoms with van der Waals surface area (Å²) in [6.45, 7) is 8.48. The van der Waals surface area contributed by atoms with E-state index in [0.717, 1.165) is 6.20 Å². The first-order chi connectivity index (χ1) is 18.7. The van der Waals surface area contributed by atoms with Gasteiger partial charge in [0.2, 0.25) is 5.88 Å². The summed E-state index contributed by atoms with van der Waals surface area (Å²) < 4.78 is 26.5. The minimum absolute atomic E-state index is 0.102. The summed E-state index contributed by atoms with van der Waals surface area (Å²) in [5.74, 6) is -0.350. The van der Waals surface area contributed by atoms with Gasteiger partial charge in [-0.3, -0.25) is 9.69 Å². The second-order valence-electron chi connectivity index (χ2n) is 9.00. The highest BCUT2D eigenvalue weighted by Gasteiger charge is 2.24. The molecule has 1 fully saturated rings. The fourth-order valence-electron chi connectivity index (χ4n) is 4.18. The van der Waals surface area contributed by atoms with Crippen molar-refractivity contribution in [2.24, 2.45) is 0 Å². The van der Waals surface area contributed by atoms with Crippen LogP contribution in [0.4, 0.5) is 15.0 Å². The number of hydrogen-bond donors (Lipinski definition) is 2. The number of carbonyl (C=O) groups is 2. The molecular formula is C26H25ClFN7O4. The minimum Gasteiger partial charge on any atom is -0.473 e. The van der Waals surface area contributed by atoms with Gasteiger partial charge in [-0.1, -0.05) is 24.3 Å². The molecule has 0 spiro atoms. The molecule has 39 heavy (non-hydrogen) atoms. The molecule has 2 N–H and O–H groups in total. The van der Waals surface area contributed by atoms with Crippen LogP contribution in [-0.2, 0) is 11.3 Å². The van der Waals surface area contributed by atoms with E-state index in [-0.39, 0.29) is 35.5 Å². The molecule has 0 saturated carbocycles. The molecule has 2 bridgehead atoms. The molecular weight excluding hydrogens is 529 g/mol. The van der Waals surface area contributed by atoms with Crippen molar-refractivity contribution in [2.75, 3.05) is 25.0 Å². The summed E-state index contributed by atoms with van der Waals surface area (Å²) in [5, 5.41) is 10.5. The van der Waals surface area contributed by atoms with Crippen molar-refractivity contribution in [2.45, 2.75) is 26.5 Å². The van der Waals surface area contributed by atoms with Crippen molar-refractivity contribution in [3.8, 4) is 5.88 Å². The normalized spacial score (nSPS) is 18.4. The zero-order valence-corrected chi connectivity index (χ0v) is 22.0. The number of halogens is 2. The van der Waals surface area contributed by atoms with Gasteiger partial charge in [0.05, 0.1) is 25.5 Å². The highest BCUT2D eigenvalue weighted by atomic mass is 35.5. The van der Waals surface area contributed by atoms with Crippen LogP contribution in [0.5, 0.6) is 5.88 Å². The Morgan fingerprint density at radius 3 is 2.85 bits per heavy atom. The number of ether oxygens (including phenoxy) is 2. The summed E-state index contributed by atoms with van der Waals surface area (Å²) in [7, 11) is 0. The zero-order valence-electron chi connectivity index (χ0n) is 21.2. The SMILES string of the molecule is C=C(Cl)/C(=C\C=C(/C)N1CCOC1=O)c1cn2ncc3c2nc1NCc1cc(F)cnc1O[C@@H](C)CNC3=O. The highest BCUT2D eigenvalue weighted by Crippen LogP contribution is 2.32. The Morgan fingerprint density at radius 2 is 2.10 bits per heavy atom. The van der Waals surface area contributed by atoms with Crippen LogP contribution in [0.15, 0.2) is 54.1 Å². The van der Waals surface area contributed by atoms with Crippen LogP contribution in [0.1, 0.15) is 35.3 Å². The fraction of sp³-hybridized carbons (Fsp3) is 0.269. The summed E-state index contributed by atoms with van der Waals surface area (Å²) in [6, 6.07) is 1.32. The Morgan fingerprint density at radius 1 is 1.28 bits per heavy atom. The number of nitrogens with zero attached hydrogens (tertiary/aromatic N) is 5. The zero-order chi connectivity index (χ0) is 27.7. The van der Waals surface area contributed by atoms with Crippen LogP contribution in [-0.4, -0.2) is 62.3 Å². The van der Waals surface area contributed by atoms with E-state index in [9.17, 15) is 14.0 Å². The van der Waals surface area contributed by atoms with Crippen LogP contribution in [0, 0.1) is 5.82 Å². The average Bonchev–Trinajstić information content (AvgIpc) is 3.52. The molecule has 3 aromatic heterocycles. The lowest BCUT2D eigenvalue weighted by atomic mass is 10.1. The largest absolute Gasteiger partial charge is 0.473 e. The van der Waals surface area contributed by atoms with Crippen molar-refractivity contribution in [3.63, 3.8) is 0 Å². The maximum atomic E-state index is 14.1. The van der Waals surface area contributed by atoms with Gasteiger partial charge in [-0.05, 0) is 26.0 Å². The number of amides is 2. The molecule has 2 amide bonds. The summed E-state index contributed by atoms with van der Waals surface area (Å²) >= 11 is 6.44. The smallest absolute Gasteiger partial charge is 0.414 e. The van der Waals surface area contributed by atoms with Crippen LogP contribution >= 0.6 is 11.6 Å². The van der Waals surface area contributed by atoms with E-state index in [1.165, 1.54) is 21.7 Å². The molecule has 5 rings (SSSR count). The number of aromatic nitrogens is 4. The molecule has 13 heteroatoms. The Balaban J connectivity index is 1.63. The van der Waals surface area contributed by atoms with Crippen LogP contribution in [0.3, 0.4) is 0 Å². The fourth-order valence-corrected chi connectivity index (χ4v) is 4.35. The number of hydrogen-bond acceptors (Lipinski definition) is 8. The quantitative estimate of drug-likeness (QED) is 0.467. The van der Waals surface area contributed by atoms with Crippen molar-refractivity contribution >= 4 is 40.6 Å². The maximum absolute atomic E-state index is 14.1. The van der Waals surface area contributed by atoms with Crippen molar-refractivity contribution in [1.29, 1.82) is 0 Å². The van der Waals surface area contributed by atoms with E-state index < -0.39 is 18.0 Å². The summed E-state index contributed by atoms with van der Waals surface area (Å²) in [4.78, 5) is 35.2. The van der Waals surface area contributed by atoms with E-state index in [4.69, 9.17) is 26.1 Å².